The van der Waals surface area contributed by atoms with Gasteiger partial charge in [-0.25, -0.2) is 4.79 Å². The monoisotopic (exact) mass is 472 g/mol. The van der Waals surface area contributed by atoms with Crippen molar-refractivity contribution in [3.8, 4) is 23.3 Å². The highest BCUT2D eigenvalue weighted by atomic mass is 16.5. The molecule has 0 aromatic heterocycles. The molecule has 0 bridgehead atoms. The summed E-state index contributed by atoms with van der Waals surface area (Å²) in [6.45, 7) is 0.459. The van der Waals surface area contributed by atoms with Crippen molar-refractivity contribution >= 4 is 18.0 Å². The molecule has 2 N–H and O–H groups in total. The largest absolute Gasteiger partial charge is 0.497 e. The van der Waals surface area contributed by atoms with Gasteiger partial charge < -0.3 is 24.6 Å². The van der Waals surface area contributed by atoms with Crippen LogP contribution in [0.25, 0.3) is 6.08 Å². The molecule has 3 aromatic rings. The lowest BCUT2D eigenvalue weighted by atomic mass is 10.1. The number of carbonyl (C=O) groups excluding carboxylic acids is 1. The fourth-order valence-electron chi connectivity index (χ4n) is 3.15. The van der Waals surface area contributed by atoms with Gasteiger partial charge in [-0.3, -0.25) is 4.79 Å². The van der Waals surface area contributed by atoms with E-state index in [0.29, 0.717) is 22.8 Å². The number of amides is 1. The predicted octanol–water partition coefficient (Wildman–Crippen LogP) is 4.20. The Balaban J connectivity index is 1.59. The summed E-state index contributed by atoms with van der Waals surface area (Å²) in [6.07, 6.45) is 1.50. The quantitative estimate of drug-likeness (QED) is 0.335. The van der Waals surface area contributed by atoms with Crippen molar-refractivity contribution in [2.45, 2.75) is 13.2 Å². The number of nitriles is 1. The van der Waals surface area contributed by atoms with Gasteiger partial charge in [0.2, 0.25) is 0 Å². The van der Waals surface area contributed by atoms with Crippen LogP contribution in [0.5, 0.6) is 17.2 Å². The average molecular weight is 472 g/mol. The molecule has 0 atom stereocenters. The highest BCUT2D eigenvalue weighted by Gasteiger charge is 2.11. The topological polar surface area (TPSA) is 118 Å². The van der Waals surface area contributed by atoms with Crippen molar-refractivity contribution < 1.29 is 28.9 Å². The lowest BCUT2D eigenvalue weighted by Crippen LogP contribution is -2.24. The zero-order valence-electron chi connectivity index (χ0n) is 19.3. The first kappa shape index (κ1) is 24.9. The molecular formula is C27H24N2O6. The van der Waals surface area contributed by atoms with E-state index in [1.54, 1.807) is 61.7 Å². The molecule has 8 nitrogen and oxygen atoms in total. The van der Waals surface area contributed by atoms with E-state index in [9.17, 15) is 14.9 Å². The lowest BCUT2D eigenvalue weighted by Gasteiger charge is -2.11. The maximum atomic E-state index is 12.5. The second-order valence-electron chi connectivity index (χ2n) is 7.39. The van der Waals surface area contributed by atoms with Crippen LogP contribution in [0.1, 0.15) is 27.0 Å². The maximum absolute atomic E-state index is 12.5. The number of carboxylic acids is 1. The van der Waals surface area contributed by atoms with Crippen LogP contribution in [0.3, 0.4) is 0 Å². The average Bonchev–Trinajstić information content (AvgIpc) is 2.89. The third kappa shape index (κ3) is 6.85. The third-order valence-electron chi connectivity index (χ3n) is 5.10. The first-order chi connectivity index (χ1) is 16.9. The van der Waals surface area contributed by atoms with E-state index < -0.39 is 11.9 Å². The molecule has 0 aliphatic carbocycles. The van der Waals surface area contributed by atoms with Crippen LogP contribution in [0.4, 0.5) is 0 Å². The second-order valence-corrected chi connectivity index (χ2v) is 7.39. The first-order valence-corrected chi connectivity index (χ1v) is 10.6. The number of carbonyl (C=O) groups is 2. The Hall–Kier alpha value is -4.77. The molecule has 0 saturated heterocycles. The van der Waals surface area contributed by atoms with E-state index >= 15 is 0 Å². The number of ether oxygens (including phenoxy) is 3. The summed E-state index contributed by atoms with van der Waals surface area (Å²) < 4.78 is 16.2. The van der Waals surface area contributed by atoms with E-state index in [0.717, 1.165) is 11.1 Å². The summed E-state index contributed by atoms with van der Waals surface area (Å²) >= 11 is 0. The van der Waals surface area contributed by atoms with Gasteiger partial charge >= 0.3 is 5.97 Å². The Bertz CT molecular complexity index is 1260. The summed E-state index contributed by atoms with van der Waals surface area (Å²) in [4.78, 5) is 23.5. The molecule has 0 unspecified atom stereocenters. The van der Waals surface area contributed by atoms with Gasteiger partial charge in [0.15, 0.2) is 0 Å². The predicted molar refractivity (Wildman–Crippen MR) is 129 cm³/mol. The first-order valence-electron chi connectivity index (χ1n) is 10.6. The van der Waals surface area contributed by atoms with Crippen molar-refractivity contribution in [1.29, 1.82) is 5.26 Å². The van der Waals surface area contributed by atoms with Crippen molar-refractivity contribution in [2.75, 3.05) is 14.2 Å². The second kappa shape index (κ2) is 11.9. The normalized spacial score (nSPS) is 10.7. The van der Waals surface area contributed by atoms with E-state index in [1.807, 2.05) is 6.07 Å². The molecular weight excluding hydrogens is 448 g/mol. The molecule has 0 radical (unpaired) electrons. The fraction of sp³-hybridized carbons (Fsp3) is 0.148. The highest BCUT2D eigenvalue weighted by molar-refractivity contribution is 6.01. The summed E-state index contributed by atoms with van der Waals surface area (Å²) in [5, 5.41) is 21.1. The number of aromatic carboxylic acids is 1. The number of nitrogens with one attached hydrogen (secondary N) is 1. The van der Waals surface area contributed by atoms with Gasteiger partial charge in [-0.05, 0) is 53.6 Å². The molecule has 178 valence electrons. The van der Waals surface area contributed by atoms with Crippen molar-refractivity contribution in [2.24, 2.45) is 0 Å². The summed E-state index contributed by atoms with van der Waals surface area (Å²) in [5.41, 5.74) is 2.42. The number of hydrogen-bond donors (Lipinski definition) is 2. The van der Waals surface area contributed by atoms with Gasteiger partial charge in [0.1, 0.15) is 35.5 Å². The minimum absolute atomic E-state index is 0.0373. The summed E-state index contributed by atoms with van der Waals surface area (Å²) in [5.74, 6) is 0.320. The number of nitrogens with zero attached hydrogens (tertiary/aromatic N) is 1. The minimum Gasteiger partial charge on any atom is -0.497 e. The molecule has 0 saturated carbocycles. The fourth-order valence-corrected chi connectivity index (χ4v) is 3.15. The zero-order chi connectivity index (χ0) is 25.2. The Morgan fingerprint density at radius 1 is 0.971 bits per heavy atom. The van der Waals surface area contributed by atoms with Crippen LogP contribution < -0.4 is 19.5 Å². The Labute approximate surface area is 203 Å². The molecule has 8 heteroatoms. The summed E-state index contributed by atoms with van der Waals surface area (Å²) in [7, 11) is 3.09. The number of rotatable bonds is 10. The number of benzene rings is 3. The molecule has 0 aliphatic heterocycles. The van der Waals surface area contributed by atoms with Crippen molar-refractivity contribution in [1.82, 2.24) is 5.32 Å². The van der Waals surface area contributed by atoms with Gasteiger partial charge in [0.25, 0.3) is 5.91 Å². The molecule has 3 aromatic carbocycles. The van der Waals surface area contributed by atoms with Crippen molar-refractivity contribution in [3.05, 3.63) is 94.6 Å². The molecule has 0 aliphatic rings. The lowest BCUT2D eigenvalue weighted by molar-refractivity contribution is -0.117. The Morgan fingerprint density at radius 2 is 1.66 bits per heavy atom. The standard InChI is InChI=1S/C27H24N2O6/c1-33-24-12-9-21(25(14-24)34-2)16-29-26(30)22(15-28)13-18-5-10-23(11-6-18)35-17-19-3-7-20(8-4-19)27(31)32/h3-14H,16-17H2,1-2H3,(H,29,30)(H,31,32)/b22-13+. The van der Waals surface area contributed by atoms with E-state index in [4.69, 9.17) is 19.3 Å². The SMILES string of the molecule is COc1ccc(CNC(=O)/C(C#N)=C/c2ccc(OCc3ccc(C(=O)O)cc3)cc2)c(OC)c1. The highest BCUT2D eigenvalue weighted by Crippen LogP contribution is 2.24. The molecule has 0 spiro atoms. The maximum Gasteiger partial charge on any atom is 0.335 e. The van der Waals surface area contributed by atoms with E-state index in [2.05, 4.69) is 5.32 Å². The van der Waals surface area contributed by atoms with Gasteiger partial charge in [0, 0.05) is 18.2 Å². The molecule has 35 heavy (non-hydrogen) atoms. The number of methoxy groups -OCH3 is 2. The number of carboxylic acid groups (broad SMARTS) is 1. The smallest absolute Gasteiger partial charge is 0.335 e. The van der Waals surface area contributed by atoms with Crippen LogP contribution in [-0.2, 0) is 17.9 Å². The zero-order valence-corrected chi connectivity index (χ0v) is 19.3. The van der Waals surface area contributed by atoms with Gasteiger partial charge in [-0.2, -0.15) is 5.26 Å². The van der Waals surface area contributed by atoms with Crippen LogP contribution in [0.2, 0.25) is 0 Å². The molecule has 1 amide bonds. The summed E-state index contributed by atoms with van der Waals surface area (Å²) in [6, 6.07) is 20.6. The van der Waals surface area contributed by atoms with Crippen LogP contribution in [-0.4, -0.2) is 31.2 Å². The van der Waals surface area contributed by atoms with Crippen LogP contribution in [0, 0.1) is 11.3 Å². The minimum atomic E-state index is -0.980. The van der Waals surface area contributed by atoms with E-state index in [-0.39, 0.29) is 24.3 Å². The molecule has 0 heterocycles. The van der Waals surface area contributed by atoms with Gasteiger partial charge in [-0.15, -0.1) is 0 Å². The van der Waals surface area contributed by atoms with Gasteiger partial charge in [-0.1, -0.05) is 24.3 Å². The van der Waals surface area contributed by atoms with Crippen molar-refractivity contribution in [3.63, 3.8) is 0 Å². The number of hydrogen-bond acceptors (Lipinski definition) is 6. The Kier molecular flexibility index (Phi) is 8.46. The van der Waals surface area contributed by atoms with E-state index in [1.165, 1.54) is 25.3 Å². The molecule has 0 fully saturated rings. The van der Waals surface area contributed by atoms with Crippen LogP contribution >= 0.6 is 0 Å². The van der Waals surface area contributed by atoms with Crippen LogP contribution in [0.15, 0.2) is 72.3 Å². The molecule has 3 rings (SSSR count). The Morgan fingerprint density at radius 3 is 2.26 bits per heavy atom. The van der Waals surface area contributed by atoms with Gasteiger partial charge in [0.05, 0.1) is 19.8 Å². The third-order valence-corrected chi connectivity index (χ3v) is 5.10.